The second-order valence-corrected chi connectivity index (χ2v) is 4.41. The molecule has 1 nitrogen and oxygen atoms in total. The van der Waals surface area contributed by atoms with Gasteiger partial charge in [0.05, 0.1) is 0 Å². The summed E-state index contributed by atoms with van der Waals surface area (Å²) in [6.07, 6.45) is 8.55. The van der Waals surface area contributed by atoms with E-state index in [1.54, 1.807) is 0 Å². The summed E-state index contributed by atoms with van der Waals surface area (Å²) in [5.74, 6) is 0. The number of nitrogens with zero attached hydrogens (tertiary/aromatic N) is 1. The van der Waals surface area contributed by atoms with Crippen LogP contribution >= 0.6 is 0 Å². The monoisotopic (exact) mass is 233 g/mol. The quantitative estimate of drug-likeness (QED) is 0.753. The molecule has 18 heavy (non-hydrogen) atoms. The van der Waals surface area contributed by atoms with E-state index < -0.39 is 0 Å². The largest absolute Gasteiger partial charge is 0.350 e. The van der Waals surface area contributed by atoms with E-state index in [4.69, 9.17) is 0 Å². The Morgan fingerprint density at radius 2 is 1.67 bits per heavy atom. The fourth-order valence-corrected chi connectivity index (χ4v) is 2.11. The first kappa shape index (κ1) is 10.8. The van der Waals surface area contributed by atoms with E-state index in [2.05, 4.69) is 78.0 Å². The molecule has 0 saturated carbocycles. The van der Waals surface area contributed by atoms with Crippen LogP contribution < -0.4 is 0 Å². The minimum absolute atomic E-state index is 0.940. The Morgan fingerprint density at radius 1 is 0.889 bits per heavy atom. The highest BCUT2D eigenvalue weighted by molar-refractivity contribution is 5.57. The van der Waals surface area contributed by atoms with Crippen molar-refractivity contribution in [2.24, 2.45) is 0 Å². The summed E-state index contributed by atoms with van der Waals surface area (Å²) in [7, 11) is 0. The lowest BCUT2D eigenvalue weighted by molar-refractivity contribution is 0.500. The smallest absolute Gasteiger partial charge is 0.0476 e. The molecule has 0 aromatic heterocycles. The molecule has 0 fully saturated rings. The number of hydrogen-bond donors (Lipinski definition) is 0. The lowest BCUT2D eigenvalue weighted by Crippen LogP contribution is -2.13. The van der Waals surface area contributed by atoms with Gasteiger partial charge in [0.1, 0.15) is 0 Å². The van der Waals surface area contributed by atoms with Gasteiger partial charge in [-0.15, -0.1) is 0 Å². The van der Waals surface area contributed by atoms with Crippen LogP contribution in [0.25, 0.3) is 12.2 Å². The molecule has 0 saturated heterocycles. The summed E-state index contributed by atoms with van der Waals surface area (Å²) in [6, 6.07) is 18.9. The predicted octanol–water partition coefficient (Wildman–Crippen LogP) is 4.14. The molecule has 88 valence electrons. The second-order valence-electron chi connectivity index (χ2n) is 4.41. The molecule has 3 rings (SSSR count). The summed E-state index contributed by atoms with van der Waals surface area (Å²) in [4.78, 5) is 2.20. The topological polar surface area (TPSA) is 3.24 Å². The fraction of sp³-hybridized carbons (Fsp3) is 0.0588. The Bertz CT molecular complexity index is 582. The lowest BCUT2D eigenvalue weighted by atomic mass is 10.0. The highest BCUT2D eigenvalue weighted by Crippen LogP contribution is 2.19. The Kier molecular flexibility index (Phi) is 2.97. The molecule has 1 aliphatic rings. The van der Waals surface area contributed by atoms with Crippen LogP contribution in [0.1, 0.15) is 16.7 Å². The van der Waals surface area contributed by atoms with Gasteiger partial charge in [-0.05, 0) is 28.8 Å². The van der Waals surface area contributed by atoms with Crippen LogP contribution in [-0.4, -0.2) is 4.90 Å². The summed E-state index contributed by atoms with van der Waals surface area (Å²) in [5.41, 5.74) is 3.92. The lowest BCUT2D eigenvalue weighted by Gasteiger charge is -2.21. The minimum Gasteiger partial charge on any atom is -0.350 e. The molecule has 0 bridgehead atoms. The van der Waals surface area contributed by atoms with Crippen molar-refractivity contribution in [3.8, 4) is 0 Å². The molecule has 1 aliphatic heterocycles. The Hall–Kier alpha value is -2.28. The molecule has 0 atom stereocenters. The molecule has 0 spiro atoms. The number of fused-ring (bicyclic) bond motifs is 1. The maximum atomic E-state index is 2.20. The van der Waals surface area contributed by atoms with Crippen molar-refractivity contribution in [3.63, 3.8) is 0 Å². The zero-order valence-corrected chi connectivity index (χ0v) is 10.2. The van der Waals surface area contributed by atoms with Gasteiger partial charge in [-0.2, -0.15) is 0 Å². The van der Waals surface area contributed by atoms with Crippen molar-refractivity contribution in [1.29, 1.82) is 0 Å². The van der Waals surface area contributed by atoms with Crippen LogP contribution in [0.2, 0.25) is 0 Å². The zero-order valence-electron chi connectivity index (χ0n) is 10.2. The average molecular weight is 233 g/mol. The summed E-state index contributed by atoms with van der Waals surface area (Å²) in [6.45, 7) is 0.940. The van der Waals surface area contributed by atoms with Gasteiger partial charge in [0.25, 0.3) is 0 Å². The molecule has 0 unspecified atom stereocenters. The molecule has 0 aliphatic carbocycles. The molecule has 2 aromatic carbocycles. The van der Waals surface area contributed by atoms with Crippen LogP contribution in [0.3, 0.4) is 0 Å². The van der Waals surface area contributed by atoms with E-state index in [9.17, 15) is 0 Å². The third-order valence-corrected chi connectivity index (χ3v) is 3.11. The van der Waals surface area contributed by atoms with Crippen LogP contribution in [0.15, 0.2) is 67.0 Å². The Balaban J connectivity index is 1.76. The van der Waals surface area contributed by atoms with Crippen molar-refractivity contribution in [2.45, 2.75) is 6.54 Å². The molecule has 0 N–H and O–H groups in total. The van der Waals surface area contributed by atoms with Gasteiger partial charge in [-0.3, -0.25) is 0 Å². The third-order valence-electron chi connectivity index (χ3n) is 3.11. The van der Waals surface area contributed by atoms with Gasteiger partial charge in [-0.25, -0.2) is 0 Å². The molecule has 0 radical (unpaired) electrons. The minimum atomic E-state index is 0.940. The van der Waals surface area contributed by atoms with Gasteiger partial charge in [0, 0.05) is 18.9 Å². The summed E-state index contributed by atoms with van der Waals surface area (Å²) in [5, 5.41) is 0. The van der Waals surface area contributed by atoms with Crippen molar-refractivity contribution < 1.29 is 0 Å². The molecule has 0 amide bonds. The predicted molar refractivity (Wildman–Crippen MR) is 76.5 cm³/mol. The number of hydrogen-bond acceptors (Lipinski definition) is 1. The van der Waals surface area contributed by atoms with Gasteiger partial charge in [-0.1, -0.05) is 54.6 Å². The maximum Gasteiger partial charge on any atom is 0.0476 e. The van der Waals surface area contributed by atoms with E-state index in [0.717, 1.165) is 6.54 Å². The van der Waals surface area contributed by atoms with Crippen LogP contribution in [0, 0.1) is 0 Å². The van der Waals surface area contributed by atoms with Crippen molar-refractivity contribution in [1.82, 2.24) is 4.90 Å². The highest BCUT2D eigenvalue weighted by Gasteiger charge is 2.06. The fourth-order valence-electron chi connectivity index (χ4n) is 2.11. The van der Waals surface area contributed by atoms with Crippen LogP contribution in [0.4, 0.5) is 0 Å². The maximum absolute atomic E-state index is 2.20. The van der Waals surface area contributed by atoms with Gasteiger partial charge >= 0.3 is 0 Å². The zero-order chi connectivity index (χ0) is 12.2. The van der Waals surface area contributed by atoms with Gasteiger partial charge in [0.2, 0.25) is 0 Å². The van der Waals surface area contributed by atoms with Crippen LogP contribution in [0.5, 0.6) is 0 Å². The van der Waals surface area contributed by atoms with E-state index >= 15 is 0 Å². The first-order chi connectivity index (χ1) is 8.92. The average Bonchev–Trinajstić information content (AvgIpc) is 2.46. The van der Waals surface area contributed by atoms with E-state index in [1.165, 1.54) is 16.7 Å². The van der Waals surface area contributed by atoms with E-state index in [0.29, 0.717) is 0 Å². The molecule has 2 aromatic rings. The standard InChI is InChI=1S/C17H15N/c1-2-6-15(7-3-1)10-12-18-13-11-16-8-4-5-9-17(16)14-18/h1-13H,14H2/b12-10+. The SMILES string of the molecule is C1=CN(/C=C/c2ccccc2)Cc2ccccc21. The van der Waals surface area contributed by atoms with Gasteiger partial charge in [0.15, 0.2) is 0 Å². The van der Waals surface area contributed by atoms with E-state index in [-0.39, 0.29) is 0 Å². The normalized spacial score (nSPS) is 13.9. The van der Waals surface area contributed by atoms with Crippen molar-refractivity contribution in [3.05, 3.63) is 83.7 Å². The number of benzene rings is 2. The molecular formula is C17H15N. The second kappa shape index (κ2) is 4.92. The van der Waals surface area contributed by atoms with Crippen molar-refractivity contribution in [2.75, 3.05) is 0 Å². The van der Waals surface area contributed by atoms with Crippen LogP contribution in [-0.2, 0) is 6.54 Å². The molecule has 1 heterocycles. The van der Waals surface area contributed by atoms with E-state index in [1.807, 2.05) is 6.07 Å². The van der Waals surface area contributed by atoms with Gasteiger partial charge < -0.3 is 4.90 Å². The number of rotatable bonds is 2. The van der Waals surface area contributed by atoms with Crippen molar-refractivity contribution >= 4 is 12.2 Å². The summed E-state index contributed by atoms with van der Waals surface area (Å²) < 4.78 is 0. The Labute approximate surface area is 108 Å². The Morgan fingerprint density at radius 3 is 2.56 bits per heavy atom. The third kappa shape index (κ3) is 2.35. The highest BCUT2D eigenvalue weighted by atomic mass is 15.1. The molecule has 1 heteroatoms. The first-order valence-corrected chi connectivity index (χ1v) is 6.17. The first-order valence-electron chi connectivity index (χ1n) is 6.17. The summed E-state index contributed by atoms with van der Waals surface area (Å²) >= 11 is 0. The molecular weight excluding hydrogens is 218 g/mol.